The Bertz CT molecular complexity index is 4860. The number of Topliss-reactive ketones (excluding diaryl/α,β-unsaturated/α-hetero) is 2. The van der Waals surface area contributed by atoms with Gasteiger partial charge in [0.05, 0.1) is 92.0 Å². The third-order valence-electron chi connectivity index (χ3n) is 25.3. The van der Waals surface area contributed by atoms with Crippen LogP contribution in [0.15, 0.2) is 85.5 Å². The number of halogens is 6. The lowest BCUT2D eigenvalue weighted by molar-refractivity contribution is -0.257. The topological polar surface area (TPSA) is 358 Å². The standard InChI is InChI=1S/2C40H49F3N6O8S/c2*1-23-10-6-7-11-25-19-39(25,35(53)47-58(54,55)38(5)14-15-38)20-31(50)30-17-26(56-33-27-12-8-9-13-29(27)49-22-44-46-36(49)45-33)21-48(30)34(52)28(24(2)16-23)18-32(51)57-37(3,4)40(41,42)43/h2*7-9,11-13,22-26,28,30H,6,10,14-21H2,1-5H3,(H,47,53)/b2*11-7-/t23-,24+,25+,26+,28-,30-,39+;23-,24-,25-,26-,28+,30+,39-/m01/s1. The molecule has 14 rings (SSSR count). The van der Waals surface area contributed by atoms with Gasteiger partial charge in [-0.1, -0.05) is 76.3 Å². The Morgan fingerprint density at radius 2 is 0.905 bits per heavy atom. The Hall–Kier alpha value is -9.22. The second-order valence-electron chi connectivity index (χ2n) is 35.1. The van der Waals surface area contributed by atoms with E-state index in [2.05, 4.69) is 39.8 Å². The summed E-state index contributed by atoms with van der Waals surface area (Å²) >= 11 is 0. The van der Waals surface area contributed by atoms with Crippen LogP contribution in [0.3, 0.4) is 0 Å². The number of para-hydroxylation sites is 2. The molecule has 116 heavy (non-hydrogen) atoms. The van der Waals surface area contributed by atoms with Crippen LogP contribution in [0.5, 0.6) is 11.8 Å². The van der Waals surface area contributed by atoms with Gasteiger partial charge in [-0.3, -0.25) is 56.6 Å². The summed E-state index contributed by atoms with van der Waals surface area (Å²) in [5.74, 6) is -9.67. The van der Waals surface area contributed by atoms with E-state index in [1.807, 2.05) is 62.4 Å². The van der Waals surface area contributed by atoms with Gasteiger partial charge in [0.15, 0.2) is 11.6 Å². The molecule has 0 spiro atoms. The van der Waals surface area contributed by atoms with Crippen molar-refractivity contribution in [3.63, 3.8) is 0 Å². The molecule has 4 saturated carbocycles. The average molecular weight is 1660 g/mol. The number of allylic oxidation sites excluding steroid dienone is 4. The van der Waals surface area contributed by atoms with Crippen molar-refractivity contribution in [1.82, 2.24) is 58.4 Å². The number of hydrogen-bond acceptors (Lipinski definition) is 22. The maximum absolute atomic E-state index is 14.9. The predicted octanol–water partition coefficient (Wildman–Crippen LogP) is 11.0. The lowest BCUT2D eigenvalue weighted by Gasteiger charge is -2.33. The van der Waals surface area contributed by atoms with Crippen molar-refractivity contribution in [2.45, 2.75) is 242 Å². The van der Waals surface area contributed by atoms with Crippen molar-refractivity contribution in [1.29, 1.82) is 0 Å². The molecule has 2 N–H and O–H groups in total. The molecule has 6 aromatic rings. The van der Waals surface area contributed by atoms with E-state index in [-0.39, 0.29) is 86.8 Å². The van der Waals surface area contributed by atoms with Crippen LogP contribution in [-0.4, -0.2) is 183 Å². The molecule has 8 heterocycles. The minimum absolute atomic E-state index is 0.0120. The highest BCUT2D eigenvalue weighted by Crippen LogP contribution is 2.60. The van der Waals surface area contributed by atoms with Gasteiger partial charge < -0.3 is 28.7 Å². The number of benzene rings is 2. The maximum atomic E-state index is 14.9. The Balaban J connectivity index is 0.000000202. The highest BCUT2D eigenvalue weighted by Gasteiger charge is 2.65. The number of fused-ring (bicyclic) bond motifs is 10. The number of sulfonamides is 2. The fraction of sp³-hybridized carbons (Fsp3) is 0.625. The minimum Gasteiger partial charge on any atom is -0.472 e. The molecule has 0 radical (unpaired) electrons. The summed E-state index contributed by atoms with van der Waals surface area (Å²) in [4.78, 5) is 125. The molecular weight excluding hydrogens is 1560 g/mol. The molecule has 4 amide bonds. The number of aromatic nitrogens is 8. The zero-order valence-corrected chi connectivity index (χ0v) is 67.9. The third kappa shape index (κ3) is 17.1. The van der Waals surface area contributed by atoms with Gasteiger partial charge in [-0.25, -0.2) is 16.8 Å². The largest absolute Gasteiger partial charge is 0.472 e. The molecule has 4 aromatic heterocycles. The molecule has 0 bridgehead atoms. The zero-order chi connectivity index (χ0) is 84.0. The van der Waals surface area contributed by atoms with E-state index in [1.165, 1.54) is 22.5 Å². The molecule has 6 fully saturated rings. The Morgan fingerprint density at radius 3 is 1.26 bits per heavy atom. The number of alkyl halides is 6. The molecule has 2 saturated heterocycles. The molecule has 0 unspecified atom stereocenters. The van der Waals surface area contributed by atoms with Gasteiger partial charge in [0.2, 0.25) is 66.6 Å². The van der Waals surface area contributed by atoms with Crippen molar-refractivity contribution in [3.05, 3.63) is 85.5 Å². The number of hydrogen-bond donors (Lipinski definition) is 2. The van der Waals surface area contributed by atoms with E-state index in [0.29, 0.717) is 86.0 Å². The quantitative estimate of drug-likeness (QED) is 0.0516. The van der Waals surface area contributed by atoms with Crippen molar-refractivity contribution < 1.29 is 100 Å². The molecule has 628 valence electrons. The summed E-state index contributed by atoms with van der Waals surface area (Å²) in [6, 6.07) is 12.1. The molecule has 4 aliphatic heterocycles. The number of rotatable bonds is 16. The SMILES string of the molecule is C[C@@H]1CC/C=C\[C@@H]2C[C@@]2(C(=O)NS(=O)(=O)C2(C)CC2)CC(=O)[C@@H]2C[C@@H](Oc3nc4nncn4c4ccccc34)CN2C(=O)[C@@H](CC(=O)OC(C)(C)C(F)(F)F)[C@H](C)C1.C[C@H]1CC/C=C\[C@@H]2C[C@@]2(C(=O)NS(=O)(=O)C2(C)CC2)CC(=O)[C@@H]2C[C@@H](Oc3nc4nncn4c4ccccc34)CN2C(=O)[C@@H](CC(=O)OC(C)(C)C(F)(F)F)[C@H](C)C1. The number of carbonyl (C=O) groups is 8. The van der Waals surface area contributed by atoms with Crippen LogP contribution in [0.2, 0.25) is 0 Å². The van der Waals surface area contributed by atoms with Gasteiger partial charge in [-0.2, -0.15) is 36.3 Å². The number of nitrogens with one attached hydrogen (secondary N) is 2. The normalized spacial score (nSPS) is 29.8. The first-order chi connectivity index (χ1) is 54.3. The van der Waals surface area contributed by atoms with Crippen molar-refractivity contribution >= 4 is 101 Å². The summed E-state index contributed by atoms with van der Waals surface area (Å²) in [6.07, 6.45) is 2.35. The van der Waals surface area contributed by atoms with Crippen LogP contribution in [0.25, 0.3) is 33.4 Å². The van der Waals surface area contributed by atoms with Crippen LogP contribution >= 0.6 is 0 Å². The van der Waals surface area contributed by atoms with Crippen LogP contribution in [0.1, 0.15) is 185 Å². The number of nitrogens with zero attached hydrogens (tertiary/aromatic N) is 10. The second kappa shape index (κ2) is 31.2. The van der Waals surface area contributed by atoms with Gasteiger partial charge in [-0.05, 0) is 178 Å². The van der Waals surface area contributed by atoms with E-state index < -0.39 is 184 Å². The summed E-state index contributed by atoms with van der Waals surface area (Å²) in [7, 11) is -8.07. The van der Waals surface area contributed by atoms with Gasteiger partial charge in [-0.15, -0.1) is 20.4 Å². The van der Waals surface area contributed by atoms with Gasteiger partial charge in [0.1, 0.15) is 24.9 Å². The molecule has 14 atom stereocenters. The van der Waals surface area contributed by atoms with E-state index in [9.17, 15) is 81.5 Å². The lowest BCUT2D eigenvalue weighted by Crippen LogP contribution is -2.48. The third-order valence-corrected chi connectivity index (χ3v) is 29.6. The number of ketones is 2. The van der Waals surface area contributed by atoms with E-state index >= 15 is 0 Å². The first kappa shape index (κ1) is 84.7. The minimum atomic E-state index is -4.87. The summed E-state index contributed by atoms with van der Waals surface area (Å²) < 4.78 is 164. The number of esters is 2. The predicted molar refractivity (Wildman–Crippen MR) is 407 cm³/mol. The number of carbonyl (C=O) groups excluding carboxylic acids is 8. The van der Waals surface area contributed by atoms with E-state index in [1.54, 1.807) is 60.8 Å². The summed E-state index contributed by atoms with van der Waals surface area (Å²) in [6.45, 7) is 13.2. The summed E-state index contributed by atoms with van der Waals surface area (Å²) in [5, 5.41) is 17.2. The van der Waals surface area contributed by atoms with Crippen molar-refractivity contribution in [2.75, 3.05) is 13.1 Å². The highest BCUT2D eigenvalue weighted by atomic mass is 32.2. The van der Waals surface area contributed by atoms with Crippen LogP contribution in [0, 0.1) is 58.2 Å². The summed E-state index contributed by atoms with van der Waals surface area (Å²) in [5.41, 5.74) is -7.04. The van der Waals surface area contributed by atoms with Crippen molar-refractivity contribution in [3.8, 4) is 11.8 Å². The van der Waals surface area contributed by atoms with Crippen LogP contribution in [0.4, 0.5) is 26.3 Å². The average Bonchev–Trinajstić information content (AvgIpc) is 1.57. The Labute approximate surface area is 666 Å². The van der Waals surface area contributed by atoms with E-state index in [0.717, 1.165) is 27.7 Å². The monoisotopic (exact) mass is 1660 g/mol. The lowest BCUT2D eigenvalue weighted by atomic mass is 9.82. The fourth-order valence-electron chi connectivity index (χ4n) is 16.8. The van der Waals surface area contributed by atoms with Gasteiger partial charge in [0, 0.05) is 25.7 Å². The van der Waals surface area contributed by atoms with Crippen LogP contribution in [-0.2, 0) is 67.9 Å². The van der Waals surface area contributed by atoms with E-state index in [4.69, 9.17) is 18.9 Å². The van der Waals surface area contributed by atoms with Gasteiger partial charge >= 0.3 is 24.3 Å². The molecular formula is C80H98F6N12O16S2. The first-order valence-electron chi connectivity index (χ1n) is 39.5. The smallest absolute Gasteiger partial charge is 0.427 e. The number of amides is 4. The van der Waals surface area contributed by atoms with Crippen LogP contribution < -0.4 is 18.9 Å². The van der Waals surface area contributed by atoms with Gasteiger partial charge in [0.25, 0.3) is 11.6 Å². The second-order valence-corrected chi connectivity index (χ2v) is 39.4. The van der Waals surface area contributed by atoms with Crippen molar-refractivity contribution in [2.24, 2.45) is 58.2 Å². The zero-order valence-electron chi connectivity index (χ0n) is 66.2. The number of ether oxygens (including phenoxy) is 4. The maximum Gasteiger partial charge on any atom is 0.427 e. The fourth-order valence-corrected chi connectivity index (χ4v) is 19.4. The molecule has 28 nitrogen and oxygen atoms in total. The molecule has 4 aliphatic carbocycles. The molecule has 36 heteroatoms. The Kier molecular flexibility index (Phi) is 22.8. The highest BCUT2D eigenvalue weighted by molar-refractivity contribution is 7.92. The molecule has 8 aliphatic rings. The first-order valence-corrected chi connectivity index (χ1v) is 42.5. The Morgan fingerprint density at radius 1 is 0.543 bits per heavy atom. The molecule has 2 aromatic carbocycles.